The van der Waals surface area contributed by atoms with Crippen molar-refractivity contribution in [2.45, 2.75) is 13.5 Å². The number of primary amides is 1. The minimum absolute atomic E-state index is 0.245. The van der Waals surface area contributed by atoms with Crippen molar-refractivity contribution in [1.82, 2.24) is 10.5 Å². The molecular formula is C13H14N4O3. The third-order valence-electron chi connectivity index (χ3n) is 2.54. The normalized spacial score (nSPS) is 10.1. The van der Waals surface area contributed by atoms with E-state index in [-0.39, 0.29) is 11.6 Å². The van der Waals surface area contributed by atoms with Gasteiger partial charge >= 0.3 is 6.03 Å². The number of carbonyl (C=O) groups is 2. The molecule has 20 heavy (non-hydrogen) atoms. The molecule has 0 radical (unpaired) electrons. The number of nitrogens with two attached hydrogens (primary N) is 1. The fraction of sp³-hybridized carbons (Fsp3) is 0.154. The molecule has 104 valence electrons. The molecule has 4 N–H and O–H groups in total. The first-order valence-electron chi connectivity index (χ1n) is 5.91. The highest BCUT2D eigenvalue weighted by molar-refractivity contribution is 5.92. The average molecular weight is 274 g/mol. The molecule has 0 saturated carbocycles. The molecule has 1 aromatic heterocycles. The number of carbonyl (C=O) groups excluding carboxylic acids is 2. The summed E-state index contributed by atoms with van der Waals surface area (Å²) in [6.45, 7) is 2.07. The third kappa shape index (κ3) is 3.58. The number of benzene rings is 1. The minimum atomic E-state index is -0.618. The van der Waals surface area contributed by atoms with Crippen LogP contribution < -0.4 is 16.4 Å². The van der Waals surface area contributed by atoms with E-state index in [4.69, 9.17) is 10.3 Å². The number of aryl methyl sites for hydroxylation is 1. The van der Waals surface area contributed by atoms with Crippen LogP contribution in [0.15, 0.2) is 34.9 Å². The number of amides is 3. The smallest absolute Gasteiger partial charge is 0.316 e. The van der Waals surface area contributed by atoms with Gasteiger partial charge in [-0.1, -0.05) is 17.3 Å². The quantitative estimate of drug-likeness (QED) is 0.782. The molecular weight excluding hydrogens is 260 g/mol. The maximum absolute atomic E-state index is 11.7. The largest absolute Gasteiger partial charge is 0.361 e. The molecule has 7 heteroatoms. The van der Waals surface area contributed by atoms with Gasteiger partial charge in [0.15, 0.2) is 5.69 Å². The van der Waals surface area contributed by atoms with Crippen molar-refractivity contribution >= 4 is 17.6 Å². The highest BCUT2D eigenvalue weighted by atomic mass is 16.5. The fourth-order valence-electron chi connectivity index (χ4n) is 1.59. The predicted octanol–water partition coefficient (Wildman–Crippen LogP) is 1.40. The van der Waals surface area contributed by atoms with E-state index < -0.39 is 6.03 Å². The van der Waals surface area contributed by atoms with Crippen molar-refractivity contribution in [3.05, 3.63) is 47.3 Å². The Morgan fingerprint density at radius 2 is 2.00 bits per heavy atom. The minimum Gasteiger partial charge on any atom is -0.361 e. The van der Waals surface area contributed by atoms with Gasteiger partial charge in [-0.3, -0.25) is 4.79 Å². The Balaban J connectivity index is 1.90. The summed E-state index contributed by atoms with van der Waals surface area (Å²) >= 11 is 0. The van der Waals surface area contributed by atoms with E-state index in [1.165, 1.54) is 0 Å². The summed E-state index contributed by atoms with van der Waals surface area (Å²) < 4.78 is 4.83. The fourth-order valence-corrected chi connectivity index (χ4v) is 1.59. The van der Waals surface area contributed by atoms with Gasteiger partial charge in [-0.2, -0.15) is 0 Å². The summed E-state index contributed by atoms with van der Waals surface area (Å²) in [7, 11) is 0. The lowest BCUT2D eigenvalue weighted by Crippen LogP contribution is -2.23. The number of rotatable bonds is 4. The van der Waals surface area contributed by atoms with Crippen molar-refractivity contribution in [3.63, 3.8) is 0 Å². The van der Waals surface area contributed by atoms with E-state index in [2.05, 4.69) is 15.8 Å². The van der Waals surface area contributed by atoms with Crippen LogP contribution in [-0.2, 0) is 6.54 Å². The Kier molecular flexibility index (Phi) is 3.99. The Labute approximate surface area is 115 Å². The van der Waals surface area contributed by atoms with Crippen LogP contribution >= 0.6 is 0 Å². The first-order chi connectivity index (χ1) is 9.54. The number of anilines is 1. The maximum Gasteiger partial charge on any atom is 0.316 e. The second kappa shape index (κ2) is 5.87. The summed E-state index contributed by atoms with van der Waals surface area (Å²) in [5.41, 5.74) is 6.73. The molecule has 1 aromatic carbocycles. The van der Waals surface area contributed by atoms with Crippen LogP contribution in [0, 0.1) is 6.92 Å². The Morgan fingerprint density at radius 3 is 2.55 bits per heavy atom. The summed E-state index contributed by atoms with van der Waals surface area (Å²) in [5, 5.41) is 8.80. The van der Waals surface area contributed by atoms with Crippen LogP contribution in [0.1, 0.15) is 21.8 Å². The number of urea groups is 1. The van der Waals surface area contributed by atoms with E-state index in [0.29, 0.717) is 18.0 Å². The lowest BCUT2D eigenvalue weighted by atomic mass is 10.2. The van der Waals surface area contributed by atoms with Gasteiger partial charge in [-0.05, 0) is 24.6 Å². The Bertz CT molecular complexity index is 619. The summed E-state index contributed by atoms with van der Waals surface area (Å²) in [4.78, 5) is 22.4. The van der Waals surface area contributed by atoms with Crippen LogP contribution in [0.25, 0.3) is 0 Å². The van der Waals surface area contributed by atoms with Gasteiger partial charge in [0.1, 0.15) is 5.76 Å². The SMILES string of the molecule is Cc1cc(C(=O)NCc2ccc(NC(N)=O)cc2)no1. The standard InChI is InChI=1S/C13H14N4O3/c1-8-6-11(17-20-8)12(18)15-7-9-2-4-10(5-3-9)16-13(14)19/h2-6H,7H2,1H3,(H,15,18)(H3,14,16,19). The highest BCUT2D eigenvalue weighted by Gasteiger charge is 2.10. The zero-order valence-electron chi connectivity index (χ0n) is 10.8. The molecule has 7 nitrogen and oxygen atoms in total. The van der Waals surface area contributed by atoms with Crippen molar-refractivity contribution in [2.75, 3.05) is 5.32 Å². The van der Waals surface area contributed by atoms with E-state index >= 15 is 0 Å². The van der Waals surface area contributed by atoms with Crippen LogP contribution in [0.4, 0.5) is 10.5 Å². The zero-order valence-corrected chi connectivity index (χ0v) is 10.8. The number of hydrogen-bond donors (Lipinski definition) is 3. The van der Waals surface area contributed by atoms with Crippen LogP contribution in [0.5, 0.6) is 0 Å². The molecule has 0 unspecified atom stereocenters. The van der Waals surface area contributed by atoms with E-state index in [9.17, 15) is 9.59 Å². The summed E-state index contributed by atoms with van der Waals surface area (Å²) in [6, 6.07) is 7.90. The van der Waals surface area contributed by atoms with Gasteiger partial charge in [0.05, 0.1) is 0 Å². The second-order valence-electron chi connectivity index (χ2n) is 4.19. The topological polar surface area (TPSA) is 110 Å². The second-order valence-corrected chi connectivity index (χ2v) is 4.19. The predicted molar refractivity (Wildman–Crippen MR) is 72.1 cm³/mol. The van der Waals surface area contributed by atoms with Gasteiger partial charge in [-0.25, -0.2) is 4.79 Å². The number of nitrogens with zero attached hydrogens (tertiary/aromatic N) is 1. The lowest BCUT2D eigenvalue weighted by molar-refractivity contribution is 0.0942. The van der Waals surface area contributed by atoms with Crippen molar-refractivity contribution in [1.29, 1.82) is 0 Å². The molecule has 0 saturated heterocycles. The van der Waals surface area contributed by atoms with Crippen LogP contribution in [-0.4, -0.2) is 17.1 Å². The molecule has 0 atom stereocenters. The number of nitrogens with one attached hydrogen (secondary N) is 2. The number of aromatic nitrogens is 1. The third-order valence-corrected chi connectivity index (χ3v) is 2.54. The molecule has 0 aliphatic heterocycles. The van der Waals surface area contributed by atoms with Gasteiger partial charge < -0.3 is 20.9 Å². The molecule has 0 bridgehead atoms. The first-order valence-corrected chi connectivity index (χ1v) is 5.91. The van der Waals surface area contributed by atoms with Gasteiger partial charge in [0, 0.05) is 18.3 Å². The number of hydrogen-bond acceptors (Lipinski definition) is 4. The molecule has 2 rings (SSSR count). The molecule has 0 aliphatic rings. The van der Waals surface area contributed by atoms with E-state index in [1.54, 1.807) is 37.3 Å². The molecule has 3 amide bonds. The van der Waals surface area contributed by atoms with Crippen LogP contribution in [0.2, 0.25) is 0 Å². The first kappa shape index (κ1) is 13.6. The summed E-state index contributed by atoms with van der Waals surface area (Å²) in [6.07, 6.45) is 0. The molecule has 0 fully saturated rings. The Morgan fingerprint density at radius 1 is 1.30 bits per heavy atom. The monoisotopic (exact) mass is 274 g/mol. The van der Waals surface area contributed by atoms with Gasteiger partial charge in [0.25, 0.3) is 5.91 Å². The highest BCUT2D eigenvalue weighted by Crippen LogP contribution is 2.09. The molecule has 1 heterocycles. The van der Waals surface area contributed by atoms with Crippen molar-refractivity contribution < 1.29 is 14.1 Å². The molecule has 0 aliphatic carbocycles. The van der Waals surface area contributed by atoms with E-state index in [1.807, 2.05) is 0 Å². The zero-order chi connectivity index (χ0) is 14.5. The van der Waals surface area contributed by atoms with Gasteiger partial charge in [-0.15, -0.1) is 0 Å². The molecule has 0 spiro atoms. The Hall–Kier alpha value is -2.83. The maximum atomic E-state index is 11.7. The average Bonchev–Trinajstić information content (AvgIpc) is 2.84. The summed E-state index contributed by atoms with van der Waals surface area (Å²) in [5.74, 6) is 0.276. The van der Waals surface area contributed by atoms with Crippen LogP contribution in [0.3, 0.4) is 0 Å². The lowest BCUT2D eigenvalue weighted by Gasteiger charge is -2.05. The van der Waals surface area contributed by atoms with E-state index in [0.717, 1.165) is 5.56 Å². The van der Waals surface area contributed by atoms with Crippen molar-refractivity contribution in [2.24, 2.45) is 5.73 Å². The molecule has 2 aromatic rings. The van der Waals surface area contributed by atoms with Crippen molar-refractivity contribution in [3.8, 4) is 0 Å². The van der Waals surface area contributed by atoms with Gasteiger partial charge in [0.2, 0.25) is 0 Å².